The maximum absolute atomic E-state index is 12.1. The van der Waals surface area contributed by atoms with Crippen LogP contribution in [0.4, 0.5) is 5.69 Å². The Morgan fingerprint density at radius 1 is 1.56 bits per heavy atom. The van der Waals surface area contributed by atoms with Crippen molar-refractivity contribution in [2.75, 3.05) is 18.9 Å². The Morgan fingerprint density at radius 3 is 3.00 bits per heavy atom. The van der Waals surface area contributed by atoms with Gasteiger partial charge in [-0.3, -0.25) is 4.79 Å². The van der Waals surface area contributed by atoms with Gasteiger partial charge in [0.2, 0.25) is 0 Å². The molecule has 4 nitrogen and oxygen atoms in total. The van der Waals surface area contributed by atoms with Crippen molar-refractivity contribution < 1.29 is 9.53 Å². The molecule has 1 atom stereocenters. The first kappa shape index (κ1) is 12.9. The number of anilines is 1. The highest BCUT2D eigenvalue weighted by atomic mass is 16.5. The lowest BCUT2D eigenvalue weighted by Gasteiger charge is -2.23. The largest absolute Gasteiger partial charge is 0.398 e. The average molecular weight is 248 g/mol. The summed E-state index contributed by atoms with van der Waals surface area (Å²) in [4.78, 5) is 12.1. The summed E-state index contributed by atoms with van der Waals surface area (Å²) in [6.45, 7) is 5.23. The zero-order valence-electron chi connectivity index (χ0n) is 11.0. The number of hydrogen-bond acceptors (Lipinski definition) is 3. The lowest BCUT2D eigenvalue weighted by molar-refractivity contribution is 0.0206. The number of para-hydroxylation sites is 1. The Labute approximate surface area is 108 Å². The average Bonchev–Trinajstić information content (AvgIpc) is 2.77. The molecule has 4 heteroatoms. The molecule has 1 aromatic rings. The third-order valence-electron chi connectivity index (χ3n) is 3.49. The molecule has 98 valence electrons. The predicted octanol–water partition coefficient (Wildman–Crippen LogP) is 1.88. The number of carbonyl (C=O) groups is 1. The molecule has 1 unspecified atom stereocenters. The van der Waals surface area contributed by atoms with Gasteiger partial charge in [0, 0.05) is 18.8 Å². The van der Waals surface area contributed by atoms with E-state index in [1.54, 1.807) is 6.07 Å². The molecule has 0 aromatic heterocycles. The molecule has 3 N–H and O–H groups in total. The van der Waals surface area contributed by atoms with E-state index in [9.17, 15) is 4.79 Å². The van der Waals surface area contributed by atoms with Crippen LogP contribution in [0.5, 0.6) is 0 Å². The molecule has 0 aliphatic carbocycles. The van der Waals surface area contributed by atoms with Crippen LogP contribution < -0.4 is 11.1 Å². The minimum atomic E-state index is -0.228. The Morgan fingerprint density at radius 2 is 2.33 bits per heavy atom. The molecule has 0 bridgehead atoms. The van der Waals surface area contributed by atoms with Gasteiger partial charge in [0.05, 0.1) is 11.2 Å². The fourth-order valence-corrected chi connectivity index (χ4v) is 2.22. The Kier molecular flexibility index (Phi) is 3.57. The van der Waals surface area contributed by atoms with Crippen molar-refractivity contribution in [1.29, 1.82) is 0 Å². The smallest absolute Gasteiger partial charge is 0.253 e. The Hall–Kier alpha value is -1.55. The monoisotopic (exact) mass is 248 g/mol. The van der Waals surface area contributed by atoms with Crippen molar-refractivity contribution in [3.63, 3.8) is 0 Å². The standard InChI is InChI=1S/C14H20N2O2/c1-10-5-3-6-11(12(10)15)13(17)16-9-14(2)7-4-8-18-14/h3,5-6H,4,7-9,15H2,1-2H3,(H,16,17). The molecule has 1 amide bonds. The van der Waals surface area contributed by atoms with Gasteiger partial charge in [-0.1, -0.05) is 12.1 Å². The fraction of sp³-hybridized carbons (Fsp3) is 0.500. The zero-order chi connectivity index (χ0) is 13.2. The van der Waals surface area contributed by atoms with Crippen LogP contribution in [-0.4, -0.2) is 24.7 Å². The first-order chi connectivity index (χ1) is 8.52. The SMILES string of the molecule is Cc1cccc(C(=O)NCC2(C)CCCO2)c1N. The highest BCUT2D eigenvalue weighted by Gasteiger charge is 2.30. The third kappa shape index (κ3) is 2.64. The van der Waals surface area contributed by atoms with E-state index in [0.717, 1.165) is 25.0 Å². The zero-order valence-corrected chi connectivity index (χ0v) is 11.0. The molecular weight excluding hydrogens is 228 g/mol. The van der Waals surface area contributed by atoms with Crippen LogP contribution >= 0.6 is 0 Å². The molecule has 1 saturated heterocycles. The first-order valence-corrected chi connectivity index (χ1v) is 6.29. The Bertz CT molecular complexity index is 451. The third-order valence-corrected chi connectivity index (χ3v) is 3.49. The molecule has 1 aliphatic heterocycles. The van der Waals surface area contributed by atoms with E-state index in [1.807, 2.05) is 26.0 Å². The van der Waals surface area contributed by atoms with Crippen molar-refractivity contribution in [3.05, 3.63) is 29.3 Å². The second-order valence-corrected chi connectivity index (χ2v) is 5.12. The summed E-state index contributed by atoms with van der Waals surface area (Å²) in [5.41, 5.74) is 7.69. The van der Waals surface area contributed by atoms with E-state index in [-0.39, 0.29) is 11.5 Å². The summed E-state index contributed by atoms with van der Waals surface area (Å²) in [6, 6.07) is 5.48. The summed E-state index contributed by atoms with van der Waals surface area (Å²) < 4.78 is 5.63. The summed E-state index contributed by atoms with van der Waals surface area (Å²) in [5, 5.41) is 2.91. The number of hydrogen-bond donors (Lipinski definition) is 2. The van der Waals surface area contributed by atoms with E-state index in [0.29, 0.717) is 17.8 Å². The van der Waals surface area contributed by atoms with Crippen molar-refractivity contribution in [2.24, 2.45) is 0 Å². The molecule has 1 heterocycles. The number of carbonyl (C=O) groups excluding carboxylic acids is 1. The highest BCUT2D eigenvalue weighted by Crippen LogP contribution is 2.24. The molecule has 1 aromatic carbocycles. The van der Waals surface area contributed by atoms with Crippen LogP contribution in [0.3, 0.4) is 0 Å². The van der Waals surface area contributed by atoms with E-state index < -0.39 is 0 Å². The van der Waals surface area contributed by atoms with Crippen LogP contribution in [0.15, 0.2) is 18.2 Å². The van der Waals surface area contributed by atoms with E-state index >= 15 is 0 Å². The molecule has 0 saturated carbocycles. The normalized spacial score (nSPS) is 23.0. The number of nitrogen functional groups attached to an aromatic ring is 1. The molecule has 1 fully saturated rings. The fourth-order valence-electron chi connectivity index (χ4n) is 2.22. The molecule has 0 radical (unpaired) electrons. The summed E-state index contributed by atoms with van der Waals surface area (Å²) in [6.07, 6.45) is 2.04. The van der Waals surface area contributed by atoms with Crippen molar-refractivity contribution in [3.8, 4) is 0 Å². The maximum Gasteiger partial charge on any atom is 0.253 e. The van der Waals surface area contributed by atoms with E-state index in [1.165, 1.54) is 0 Å². The van der Waals surface area contributed by atoms with Gasteiger partial charge in [-0.05, 0) is 38.3 Å². The lowest BCUT2D eigenvalue weighted by atomic mass is 10.0. The van der Waals surface area contributed by atoms with Crippen molar-refractivity contribution in [2.45, 2.75) is 32.3 Å². The molecular formula is C14H20N2O2. The summed E-state index contributed by atoms with van der Waals surface area (Å²) in [7, 11) is 0. The van der Waals surface area contributed by atoms with Crippen LogP contribution in [0, 0.1) is 6.92 Å². The number of ether oxygens (including phenoxy) is 1. The van der Waals surface area contributed by atoms with Crippen LogP contribution in [0.25, 0.3) is 0 Å². The van der Waals surface area contributed by atoms with Crippen molar-refractivity contribution in [1.82, 2.24) is 5.32 Å². The maximum atomic E-state index is 12.1. The topological polar surface area (TPSA) is 64.3 Å². The minimum absolute atomic E-state index is 0.132. The van der Waals surface area contributed by atoms with E-state index in [2.05, 4.69) is 5.32 Å². The second kappa shape index (κ2) is 4.98. The summed E-state index contributed by atoms with van der Waals surface area (Å²) >= 11 is 0. The number of nitrogens with two attached hydrogens (primary N) is 1. The number of benzene rings is 1. The molecule has 0 spiro atoms. The van der Waals surface area contributed by atoms with Crippen LogP contribution in [0.2, 0.25) is 0 Å². The first-order valence-electron chi connectivity index (χ1n) is 6.29. The van der Waals surface area contributed by atoms with Gasteiger partial charge in [0.15, 0.2) is 0 Å². The number of amides is 1. The highest BCUT2D eigenvalue weighted by molar-refractivity contribution is 5.99. The number of aryl methyl sites for hydroxylation is 1. The molecule has 2 rings (SSSR count). The quantitative estimate of drug-likeness (QED) is 0.803. The van der Waals surface area contributed by atoms with Gasteiger partial charge in [-0.15, -0.1) is 0 Å². The van der Waals surface area contributed by atoms with Crippen LogP contribution in [0.1, 0.15) is 35.7 Å². The number of nitrogens with one attached hydrogen (secondary N) is 1. The van der Waals surface area contributed by atoms with Gasteiger partial charge in [0.25, 0.3) is 5.91 Å². The van der Waals surface area contributed by atoms with Gasteiger partial charge in [-0.2, -0.15) is 0 Å². The predicted molar refractivity (Wildman–Crippen MR) is 71.5 cm³/mol. The number of rotatable bonds is 3. The molecule has 18 heavy (non-hydrogen) atoms. The van der Waals surface area contributed by atoms with Gasteiger partial charge >= 0.3 is 0 Å². The van der Waals surface area contributed by atoms with Crippen LogP contribution in [-0.2, 0) is 4.74 Å². The second-order valence-electron chi connectivity index (χ2n) is 5.12. The van der Waals surface area contributed by atoms with Gasteiger partial charge in [0.1, 0.15) is 0 Å². The van der Waals surface area contributed by atoms with Gasteiger partial charge in [-0.25, -0.2) is 0 Å². The summed E-state index contributed by atoms with van der Waals surface area (Å²) in [5.74, 6) is -0.132. The van der Waals surface area contributed by atoms with Crippen molar-refractivity contribution >= 4 is 11.6 Å². The van der Waals surface area contributed by atoms with E-state index in [4.69, 9.17) is 10.5 Å². The minimum Gasteiger partial charge on any atom is -0.398 e. The van der Waals surface area contributed by atoms with Gasteiger partial charge < -0.3 is 15.8 Å². The Balaban J connectivity index is 2.01. The lowest BCUT2D eigenvalue weighted by Crippen LogP contribution is -2.40. The molecule has 1 aliphatic rings.